The molecule has 114 valence electrons. The van der Waals surface area contributed by atoms with Gasteiger partial charge in [-0.1, -0.05) is 6.07 Å². The molecule has 0 bridgehead atoms. The minimum absolute atomic E-state index is 0.000113. The Morgan fingerprint density at radius 2 is 2.18 bits per heavy atom. The molecule has 1 aliphatic rings. The molecule has 3 rings (SSSR count). The maximum atomic E-state index is 12.3. The molecule has 1 amide bonds. The summed E-state index contributed by atoms with van der Waals surface area (Å²) in [4.78, 5) is 14.1. The third-order valence-corrected chi connectivity index (χ3v) is 4.30. The van der Waals surface area contributed by atoms with E-state index in [1.54, 1.807) is 19.3 Å². The maximum Gasteiger partial charge on any atom is 0.246 e. The van der Waals surface area contributed by atoms with E-state index in [1.807, 2.05) is 29.2 Å². The Morgan fingerprint density at radius 3 is 2.91 bits per heavy atom. The van der Waals surface area contributed by atoms with Crippen LogP contribution in [0.4, 0.5) is 0 Å². The normalized spacial score (nSPS) is 14.2. The number of halogens is 1. The number of furan rings is 1. The van der Waals surface area contributed by atoms with E-state index in [1.165, 1.54) is 5.56 Å². The van der Waals surface area contributed by atoms with Gasteiger partial charge in [-0.15, -0.1) is 0 Å². The van der Waals surface area contributed by atoms with Crippen LogP contribution in [-0.4, -0.2) is 24.5 Å². The summed E-state index contributed by atoms with van der Waals surface area (Å²) in [6, 6.07) is 9.77. The zero-order chi connectivity index (χ0) is 15.5. The number of rotatable bonds is 3. The second-order valence-electron chi connectivity index (χ2n) is 5.12. The van der Waals surface area contributed by atoms with Crippen molar-refractivity contribution in [3.63, 3.8) is 0 Å². The second-order valence-corrected chi connectivity index (χ2v) is 6.18. The minimum Gasteiger partial charge on any atom is -0.497 e. The number of hydrogen-bond donors (Lipinski definition) is 0. The van der Waals surface area contributed by atoms with E-state index < -0.39 is 0 Å². The van der Waals surface area contributed by atoms with E-state index in [4.69, 9.17) is 9.15 Å². The number of benzene rings is 1. The molecule has 0 N–H and O–H groups in total. The molecule has 22 heavy (non-hydrogen) atoms. The Labute approximate surface area is 142 Å². The lowest BCUT2D eigenvalue weighted by Crippen LogP contribution is -2.34. The molecule has 5 heteroatoms. The molecular weight excluding hydrogens is 393 g/mol. The Bertz CT molecular complexity index is 720. The van der Waals surface area contributed by atoms with E-state index in [2.05, 4.69) is 28.7 Å². The molecule has 0 unspecified atom stereocenters. The molecule has 4 nitrogen and oxygen atoms in total. The summed E-state index contributed by atoms with van der Waals surface area (Å²) in [5, 5.41) is 0. The molecule has 0 spiro atoms. The van der Waals surface area contributed by atoms with E-state index in [-0.39, 0.29) is 5.91 Å². The summed E-state index contributed by atoms with van der Waals surface area (Å²) in [6.45, 7) is 1.35. The van der Waals surface area contributed by atoms with Gasteiger partial charge in [0.15, 0.2) is 3.77 Å². The van der Waals surface area contributed by atoms with Crippen molar-refractivity contribution in [3.8, 4) is 5.75 Å². The van der Waals surface area contributed by atoms with Gasteiger partial charge >= 0.3 is 0 Å². The summed E-state index contributed by atoms with van der Waals surface area (Å²) < 4.78 is 11.5. The molecule has 0 radical (unpaired) electrons. The summed E-state index contributed by atoms with van der Waals surface area (Å²) in [5.74, 6) is 1.52. The zero-order valence-corrected chi connectivity index (χ0v) is 14.4. The number of fused-ring (bicyclic) bond motifs is 1. The lowest BCUT2D eigenvalue weighted by atomic mass is 9.99. The van der Waals surface area contributed by atoms with Crippen LogP contribution in [0.5, 0.6) is 5.75 Å². The van der Waals surface area contributed by atoms with Gasteiger partial charge in [-0.2, -0.15) is 0 Å². The van der Waals surface area contributed by atoms with E-state index in [0.717, 1.165) is 28.0 Å². The summed E-state index contributed by atoms with van der Waals surface area (Å²) in [6.07, 6.45) is 4.16. The van der Waals surface area contributed by atoms with Crippen molar-refractivity contribution in [2.24, 2.45) is 0 Å². The molecule has 0 fully saturated rings. The molecule has 0 saturated carbocycles. The SMILES string of the molecule is COc1ccc2c(c1)CN(C(=O)/C=C/c1ccc(I)o1)CC2. The summed E-state index contributed by atoms with van der Waals surface area (Å²) in [7, 11) is 1.65. The predicted octanol–water partition coefficient (Wildman–Crippen LogP) is 3.49. The van der Waals surface area contributed by atoms with Gasteiger partial charge in [0.1, 0.15) is 11.5 Å². The highest BCUT2D eigenvalue weighted by atomic mass is 127. The Balaban J connectivity index is 1.70. The first-order chi connectivity index (χ1) is 10.7. The Morgan fingerprint density at radius 1 is 1.32 bits per heavy atom. The largest absolute Gasteiger partial charge is 0.497 e. The fourth-order valence-corrected chi connectivity index (χ4v) is 2.96. The lowest BCUT2D eigenvalue weighted by Gasteiger charge is -2.28. The fraction of sp³-hybridized carbons (Fsp3) is 0.235. The van der Waals surface area contributed by atoms with Crippen LogP contribution in [0.1, 0.15) is 16.9 Å². The monoisotopic (exact) mass is 409 g/mol. The van der Waals surface area contributed by atoms with Gasteiger partial charge in [-0.05, 0) is 70.5 Å². The van der Waals surface area contributed by atoms with E-state index in [9.17, 15) is 4.79 Å². The van der Waals surface area contributed by atoms with Crippen LogP contribution in [0.25, 0.3) is 6.08 Å². The van der Waals surface area contributed by atoms with Crippen LogP contribution in [0.15, 0.2) is 40.8 Å². The number of carbonyl (C=O) groups excluding carboxylic acids is 1. The van der Waals surface area contributed by atoms with Gasteiger partial charge in [-0.25, -0.2) is 0 Å². The Kier molecular flexibility index (Phi) is 4.52. The summed E-state index contributed by atoms with van der Waals surface area (Å²) >= 11 is 2.10. The standard InChI is InChI=1S/C17H16INO3/c1-21-15-3-2-12-8-9-19(11-13(12)10-15)17(20)7-5-14-4-6-16(18)22-14/h2-7,10H,8-9,11H2,1H3/b7-5+. The Hall–Kier alpha value is -1.76. The third kappa shape index (κ3) is 3.35. The first kappa shape index (κ1) is 15.1. The molecule has 2 heterocycles. The number of carbonyl (C=O) groups is 1. The molecule has 0 atom stereocenters. The highest BCUT2D eigenvalue weighted by Crippen LogP contribution is 2.24. The van der Waals surface area contributed by atoms with Gasteiger partial charge < -0.3 is 14.1 Å². The van der Waals surface area contributed by atoms with Crippen LogP contribution >= 0.6 is 22.6 Å². The predicted molar refractivity (Wildman–Crippen MR) is 92.6 cm³/mol. The molecular formula is C17H16INO3. The number of nitrogens with zero attached hydrogens (tertiary/aromatic N) is 1. The second kappa shape index (κ2) is 6.56. The lowest BCUT2D eigenvalue weighted by molar-refractivity contribution is -0.126. The molecule has 1 aliphatic heterocycles. The first-order valence-electron chi connectivity index (χ1n) is 7.04. The van der Waals surface area contributed by atoms with Crippen molar-refractivity contribution in [1.29, 1.82) is 0 Å². The smallest absolute Gasteiger partial charge is 0.246 e. The van der Waals surface area contributed by atoms with Crippen molar-refractivity contribution in [3.05, 3.63) is 57.1 Å². The minimum atomic E-state index is -0.000113. The third-order valence-electron chi connectivity index (χ3n) is 3.72. The quantitative estimate of drug-likeness (QED) is 0.576. The first-order valence-corrected chi connectivity index (χ1v) is 8.12. The number of methoxy groups -OCH3 is 1. The van der Waals surface area contributed by atoms with Crippen LogP contribution in [0.3, 0.4) is 0 Å². The van der Waals surface area contributed by atoms with Gasteiger partial charge in [0.05, 0.1) is 7.11 Å². The van der Waals surface area contributed by atoms with Crippen molar-refractivity contribution >= 4 is 34.6 Å². The molecule has 1 aromatic carbocycles. The van der Waals surface area contributed by atoms with Crippen LogP contribution < -0.4 is 4.74 Å². The van der Waals surface area contributed by atoms with Crippen molar-refractivity contribution in [2.45, 2.75) is 13.0 Å². The van der Waals surface area contributed by atoms with Gasteiger partial charge in [0, 0.05) is 19.2 Å². The average molecular weight is 409 g/mol. The highest BCUT2D eigenvalue weighted by Gasteiger charge is 2.19. The highest BCUT2D eigenvalue weighted by molar-refractivity contribution is 14.1. The number of hydrogen-bond acceptors (Lipinski definition) is 3. The van der Waals surface area contributed by atoms with E-state index in [0.29, 0.717) is 12.3 Å². The van der Waals surface area contributed by atoms with Gasteiger partial charge in [0.2, 0.25) is 5.91 Å². The fourth-order valence-electron chi connectivity index (χ4n) is 2.53. The molecule has 2 aromatic rings. The molecule has 0 aliphatic carbocycles. The number of amides is 1. The van der Waals surface area contributed by atoms with Crippen molar-refractivity contribution in [1.82, 2.24) is 4.90 Å². The average Bonchev–Trinajstić information content (AvgIpc) is 2.97. The van der Waals surface area contributed by atoms with Crippen LogP contribution in [-0.2, 0) is 17.8 Å². The van der Waals surface area contributed by atoms with Crippen LogP contribution in [0.2, 0.25) is 0 Å². The van der Waals surface area contributed by atoms with Gasteiger partial charge in [-0.3, -0.25) is 4.79 Å². The van der Waals surface area contributed by atoms with Crippen molar-refractivity contribution in [2.75, 3.05) is 13.7 Å². The summed E-state index contributed by atoms with van der Waals surface area (Å²) in [5.41, 5.74) is 2.44. The zero-order valence-electron chi connectivity index (χ0n) is 12.2. The van der Waals surface area contributed by atoms with Crippen molar-refractivity contribution < 1.29 is 13.9 Å². The molecule has 1 aromatic heterocycles. The number of ether oxygens (including phenoxy) is 1. The van der Waals surface area contributed by atoms with E-state index >= 15 is 0 Å². The van der Waals surface area contributed by atoms with Crippen LogP contribution in [0, 0.1) is 3.77 Å². The van der Waals surface area contributed by atoms with Gasteiger partial charge in [0.25, 0.3) is 0 Å². The molecule has 0 saturated heterocycles. The maximum absolute atomic E-state index is 12.3. The topological polar surface area (TPSA) is 42.7 Å².